The normalized spacial score (nSPS) is 10.3. The van der Waals surface area contributed by atoms with E-state index < -0.39 is 0 Å². The van der Waals surface area contributed by atoms with Gasteiger partial charge in [-0.3, -0.25) is 9.59 Å². The van der Waals surface area contributed by atoms with Gasteiger partial charge in [0.1, 0.15) is 0 Å². The summed E-state index contributed by atoms with van der Waals surface area (Å²) in [7, 11) is 0. The van der Waals surface area contributed by atoms with Crippen LogP contribution in [0.3, 0.4) is 0 Å². The SMILES string of the molecule is CCc1ccccc1NC(=O)CNC(=O)c1sccc1-c1ccccc1. The second-order valence-corrected chi connectivity index (χ2v) is 6.69. The smallest absolute Gasteiger partial charge is 0.262 e. The largest absolute Gasteiger partial charge is 0.342 e. The number of para-hydroxylation sites is 1. The quantitative estimate of drug-likeness (QED) is 0.683. The summed E-state index contributed by atoms with van der Waals surface area (Å²) in [6, 6.07) is 19.3. The number of carbonyl (C=O) groups excluding carboxylic acids is 2. The summed E-state index contributed by atoms with van der Waals surface area (Å²) in [5.74, 6) is -0.477. The molecule has 0 spiro atoms. The number of benzene rings is 2. The first-order valence-electron chi connectivity index (χ1n) is 8.48. The minimum Gasteiger partial charge on any atom is -0.342 e. The summed E-state index contributed by atoms with van der Waals surface area (Å²) in [6.45, 7) is 1.97. The van der Waals surface area contributed by atoms with Gasteiger partial charge in [0.15, 0.2) is 0 Å². The molecule has 0 atom stereocenters. The van der Waals surface area contributed by atoms with Crippen LogP contribution >= 0.6 is 11.3 Å². The highest BCUT2D eigenvalue weighted by molar-refractivity contribution is 7.12. The second-order valence-electron chi connectivity index (χ2n) is 5.77. The van der Waals surface area contributed by atoms with E-state index in [1.165, 1.54) is 11.3 Å². The molecule has 0 saturated carbocycles. The van der Waals surface area contributed by atoms with Crippen LogP contribution in [0.5, 0.6) is 0 Å². The maximum absolute atomic E-state index is 12.5. The van der Waals surface area contributed by atoms with E-state index in [1.807, 2.05) is 73.0 Å². The third kappa shape index (κ3) is 4.18. The van der Waals surface area contributed by atoms with Crippen LogP contribution in [0, 0.1) is 0 Å². The van der Waals surface area contributed by atoms with Crippen LogP contribution in [-0.2, 0) is 11.2 Å². The Morgan fingerprint density at radius 1 is 0.962 bits per heavy atom. The number of nitrogens with one attached hydrogen (secondary N) is 2. The predicted molar refractivity (Wildman–Crippen MR) is 107 cm³/mol. The molecule has 2 aromatic carbocycles. The summed E-state index contributed by atoms with van der Waals surface area (Å²) in [6.07, 6.45) is 0.832. The molecule has 2 amide bonds. The molecule has 0 unspecified atom stereocenters. The molecule has 4 nitrogen and oxygen atoms in total. The van der Waals surface area contributed by atoms with Gasteiger partial charge < -0.3 is 10.6 Å². The predicted octanol–water partition coefficient (Wildman–Crippen LogP) is 4.35. The summed E-state index contributed by atoms with van der Waals surface area (Å²) >= 11 is 1.37. The van der Waals surface area contributed by atoms with Crippen molar-refractivity contribution in [1.82, 2.24) is 5.32 Å². The molecule has 0 bridgehead atoms. The van der Waals surface area contributed by atoms with Gasteiger partial charge in [0.25, 0.3) is 5.91 Å². The Morgan fingerprint density at radius 2 is 1.69 bits per heavy atom. The van der Waals surface area contributed by atoms with Crippen LogP contribution in [0.2, 0.25) is 0 Å². The minimum atomic E-state index is -0.239. The summed E-state index contributed by atoms with van der Waals surface area (Å²) in [4.78, 5) is 25.3. The van der Waals surface area contributed by atoms with Crippen molar-refractivity contribution in [2.45, 2.75) is 13.3 Å². The Kier molecular flexibility index (Phi) is 5.81. The number of aryl methyl sites for hydroxylation is 1. The highest BCUT2D eigenvalue weighted by atomic mass is 32.1. The molecule has 132 valence electrons. The Hall–Kier alpha value is -2.92. The Labute approximate surface area is 156 Å². The molecule has 0 aliphatic heterocycles. The van der Waals surface area contributed by atoms with E-state index >= 15 is 0 Å². The zero-order chi connectivity index (χ0) is 18.4. The average molecular weight is 364 g/mol. The Bertz CT molecular complexity index is 903. The lowest BCUT2D eigenvalue weighted by atomic mass is 10.1. The van der Waals surface area contributed by atoms with E-state index in [0.29, 0.717) is 4.88 Å². The minimum absolute atomic E-state index is 0.0665. The van der Waals surface area contributed by atoms with Gasteiger partial charge in [-0.15, -0.1) is 11.3 Å². The van der Waals surface area contributed by atoms with Gasteiger partial charge in [0.05, 0.1) is 11.4 Å². The number of carbonyl (C=O) groups is 2. The number of rotatable bonds is 6. The van der Waals surface area contributed by atoms with Gasteiger partial charge in [0, 0.05) is 11.3 Å². The number of thiophene rings is 1. The molecule has 0 fully saturated rings. The zero-order valence-corrected chi connectivity index (χ0v) is 15.3. The zero-order valence-electron chi connectivity index (χ0n) is 14.5. The third-order valence-corrected chi connectivity index (χ3v) is 4.95. The fraction of sp³-hybridized carbons (Fsp3) is 0.143. The van der Waals surface area contributed by atoms with Crippen molar-refractivity contribution in [2.75, 3.05) is 11.9 Å². The van der Waals surface area contributed by atoms with Gasteiger partial charge in [-0.05, 0) is 35.1 Å². The highest BCUT2D eigenvalue weighted by Gasteiger charge is 2.15. The fourth-order valence-electron chi connectivity index (χ4n) is 2.72. The van der Waals surface area contributed by atoms with Gasteiger partial charge in [-0.2, -0.15) is 0 Å². The number of anilines is 1. The molecule has 1 aromatic heterocycles. The maximum atomic E-state index is 12.5. The van der Waals surface area contributed by atoms with Crippen molar-refractivity contribution in [3.05, 3.63) is 76.5 Å². The van der Waals surface area contributed by atoms with E-state index in [1.54, 1.807) is 0 Å². The van der Waals surface area contributed by atoms with Crippen LogP contribution in [-0.4, -0.2) is 18.4 Å². The van der Waals surface area contributed by atoms with Crippen molar-refractivity contribution in [3.8, 4) is 11.1 Å². The van der Waals surface area contributed by atoms with Gasteiger partial charge >= 0.3 is 0 Å². The van der Waals surface area contributed by atoms with Gasteiger partial charge in [-0.1, -0.05) is 55.5 Å². The van der Waals surface area contributed by atoms with E-state index in [4.69, 9.17) is 0 Å². The van der Waals surface area contributed by atoms with Crippen LogP contribution in [0.25, 0.3) is 11.1 Å². The van der Waals surface area contributed by atoms with Crippen LogP contribution in [0.15, 0.2) is 66.0 Å². The lowest BCUT2D eigenvalue weighted by molar-refractivity contribution is -0.115. The second kappa shape index (κ2) is 8.45. The first kappa shape index (κ1) is 17.9. The molecule has 3 rings (SSSR count). The van der Waals surface area contributed by atoms with Gasteiger partial charge in [-0.25, -0.2) is 0 Å². The molecule has 3 aromatic rings. The monoisotopic (exact) mass is 364 g/mol. The lowest BCUT2D eigenvalue weighted by Crippen LogP contribution is -2.32. The van der Waals surface area contributed by atoms with E-state index in [9.17, 15) is 9.59 Å². The molecule has 2 N–H and O–H groups in total. The Balaban J connectivity index is 1.63. The molecule has 0 aliphatic carbocycles. The van der Waals surface area contributed by atoms with Gasteiger partial charge in [0.2, 0.25) is 5.91 Å². The molecule has 1 heterocycles. The van der Waals surface area contributed by atoms with Crippen LogP contribution in [0.4, 0.5) is 5.69 Å². The van der Waals surface area contributed by atoms with Crippen molar-refractivity contribution in [2.24, 2.45) is 0 Å². The Morgan fingerprint density at radius 3 is 2.46 bits per heavy atom. The maximum Gasteiger partial charge on any atom is 0.262 e. The molecule has 0 radical (unpaired) electrons. The lowest BCUT2D eigenvalue weighted by Gasteiger charge is -2.10. The first-order chi connectivity index (χ1) is 12.7. The molecular formula is C21H20N2O2S. The van der Waals surface area contributed by atoms with Crippen molar-refractivity contribution >= 4 is 28.8 Å². The molecular weight excluding hydrogens is 344 g/mol. The van der Waals surface area contributed by atoms with Crippen LogP contribution < -0.4 is 10.6 Å². The van der Waals surface area contributed by atoms with E-state index in [-0.39, 0.29) is 18.4 Å². The van der Waals surface area contributed by atoms with Crippen LogP contribution in [0.1, 0.15) is 22.2 Å². The van der Waals surface area contributed by atoms with Crippen molar-refractivity contribution < 1.29 is 9.59 Å². The standard InChI is InChI=1S/C21H20N2O2S/c1-2-15-8-6-7-11-18(15)23-19(24)14-22-21(25)20-17(12-13-26-20)16-9-4-3-5-10-16/h3-13H,2,14H2,1H3,(H,22,25)(H,23,24). The summed E-state index contributed by atoms with van der Waals surface area (Å²) in [5.41, 5.74) is 3.72. The fourth-order valence-corrected chi connectivity index (χ4v) is 3.55. The van der Waals surface area contributed by atoms with Crippen molar-refractivity contribution in [1.29, 1.82) is 0 Å². The van der Waals surface area contributed by atoms with E-state index in [0.717, 1.165) is 28.8 Å². The number of amides is 2. The average Bonchev–Trinajstić information content (AvgIpc) is 3.17. The summed E-state index contributed by atoms with van der Waals surface area (Å²) < 4.78 is 0. The molecule has 5 heteroatoms. The van der Waals surface area contributed by atoms with E-state index in [2.05, 4.69) is 10.6 Å². The first-order valence-corrected chi connectivity index (χ1v) is 9.36. The highest BCUT2D eigenvalue weighted by Crippen LogP contribution is 2.28. The number of hydrogen-bond donors (Lipinski definition) is 2. The number of hydrogen-bond acceptors (Lipinski definition) is 3. The van der Waals surface area contributed by atoms with Crippen molar-refractivity contribution in [3.63, 3.8) is 0 Å². The summed E-state index contributed by atoms with van der Waals surface area (Å²) in [5, 5.41) is 7.45. The third-order valence-electron chi connectivity index (χ3n) is 4.04. The molecule has 0 aliphatic rings. The molecule has 0 saturated heterocycles. The molecule has 26 heavy (non-hydrogen) atoms. The topological polar surface area (TPSA) is 58.2 Å².